The smallest absolute Gasteiger partial charge is 0.304 e. The van der Waals surface area contributed by atoms with Gasteiger partial charge in [0.2, 0.25) is 0 Å². The van der Waals surface area contributed by atoms with Gasteiger partial charge in [-0.3, -0.25) is 23.3 Å². The molecule has 0 radical (unpaired) electrons. The molecule has 4 heterocycles. The summed E-state index contributed by atoms with van der Waals surface area (Å²) in [5.41, 5.74) is -0.351. The van der Waals surface area contributed by atoms with Crippen molar-refractivity contribution in [2.45, 2.75) is 55.5 Å². The van der Waals surface area contributed by atoms with E-state index in [1.807, 2.05) is 7.05 Å². The van der Waals surface area contributed by atoms with Gasteiger partial charge in [-0.25, -0.2) is 13.8 Å². The van der Waals surface area contributed by atoms with Crippen molar-refractivity contribution in [3.8, 4) is 23.0 Å². The highest BCUT2D eigenvalue weighted by molar-refractivity contribution is 7.98. The fraction of sp³-hybridized carbons (Fsp3) is 0.419. The van der Waals surface area contributed by atoms with E-state index in [0.29, 0.717) is 55.7 Å². The summed E-state index contributed by atoms with van der Waals surface area (Å²) in [6.45, 7) is 2.91. The van der Waals surface area contributed by atoms with Crippen molar-refractivity contribution < 1.29 is 39.7 Å². The first-order valence-electron chi connectivity index (χ1n) is 19.6. The minimum atomic E-state index is -5.03. The number of piperazine rings is 1. The Kier molecular flexibility index (Phi) is 11.2. The van der Waals surface area contributed by atoms with Gasteiger partial charge in [-0.1, -0.05) is 23.6 Å². The summed E-state index contributed by atoms with van der Waals surface area (Å²) >= 11 is 6.75. The van der Waals surface area contributed by atoms with Gasteiger partial charge < -0.3 is 4.90 Å². The molecule has 5 aromatic rings. The number of Topliss-reactive ketones (excluding diaryl/α,β-unsaturated/α-hetero) is 1. The largest absolute Gasteiger partial charge is 0.435 e. The van der Waals surface area contributed by atoms with E-state index in [9.17, 15) is 31.0 Å². The zero-order chi connectivity index (χ0) is 43.8. The highest BCUT2D eigenvalue weighted by Crippen LogP contribution is 2.68. The molecule has 1 saturated heterocycles. The zero-order valence-corrected chi connectivity index (χ0v) is 35.0. The number of carbonyl (C=O) groups is 1. The average Bonchev–Trinajstić information content (AvgIpc) is 3.70. The van der Waals surface area contributed by atoms with Crippen LogP contribution in [0.2, 0.25) is 5.02 Å². The van der Waals surface area contributed by atoms with E-state index < -0.39 is 86.7 Å². The number of ketones is 1. The Morgan fingerprint density at radius 3 is 2.39 bits per heavy atom. The summed E-state index contributed by atoms with van der Waals surface area (Å²) in [5.74, 6) is 0.544. The van der Waals surface area contributed by atoms with E-state index in [0.717, 1.165) is 38.3 Å². The fourth-order valence-corrected chi connectivity index (χ4v) is 9.82. The molecule has 2 aliphatic carbocycles. The van der Waals surface area contributed by atoms with Crippen molar-refractivity contribution in [2.75, 3.05) is 46.0 Å². The highest BCUT2D eigenvalue weighted by atomic mass is 35.5. The summed E-state index contributed by atoms with van der Waals surface area (Å²) in [6.07, 6.45) is -4.34. The van der Waals surface area contributed by atoms with Crippen LogP contribution in [0.4, 0.5) is 30.7 Å². The van der Waals surface area contributed by atoms with Gasteiger partial charge in [0.15, 0.2) is 11.5 Å². The summed E-state index contributed by atoms with van der Waals surface area (Å²) in [6, 6.07) is 9.63. The molecule has 322 valence electrons. The molecule has 3 aromatic heterocycles. The SMILES string of the molecule is C=S(C)(=O)Cc1nn(C)c2c(-c3ccc(C#CCN4CCN(C)CC4)nc3[C@@H](CC(=O)Cn3nc(C(F)(F)F)c4c3C(F)(F)[C@@H]3C[C@H]43)Cc3cc(F)cc(F)c3)ccc(Cl)c12. The predicted octanol–water partition coefficient (Wildman–Crippen LogP) is 7.42. The van der Waals surface area contributed by atoms with Crippen LogP contribution in [0.5, 0.6) is 0 Å². The van der Waals surface area contributed by atoms with Crippen molar-refractivity contribution in [3.63, 3.8) is 0 Å². The number of hydrogen-bond acceptors (Lipinski definition) is 7. The molecule has 2 fully saturated rings. The van der Waals surface area contributed by atoms with Crippen LogP contribution in [0, 0.1) is 29.4 Å². The number of pyridine rings is 1. The number of alkyl halides is 5. The van der Waals surface area contributed by atoms with Crippen molar-refractivity contribution >= 4 is 43.7 Å². The molecule has 4 atom stereocenters. The van der Waals surface area contributed by atoms with Crippen molar-refractivity contribution in [1.82, 2.24) is 34.3 Å². The van der Waals surface area contributed by atoms with Crippen molar-refractivity contribution in [3.05, 3.63) is 98.7 Å². The molecule has 0 bridgehead atoms. The number of benzene rings is 2. The van der Waals surface area contributed by atoms with Gasteiger partial charge in [0.25, 0.3) is 5.92 Å². The summed E-state index contributed by atoms with van der Waals surface area (Å²) in [4.78, 5) is 23.5. The van der Waals surface area contributed by atoms with Crippen molar-refractivity contribution in [2.24, 2.45) is 13.0 Å². The van der Waals surface area contributed by atoms with E-state index in [4.69, 9.17) is 16.6 Å². The van der Waals surface area contributed by atoms with Crippen molar-refractivity contribution in [1.29, 1.82) is 0 Å². The topological polar surface area (TPSA) is 89.2 Å². The number of aryl methyl sites for hydroxylation is 1. The van der Waals surface area contributed by atoms with E-state index in [1.54, 1.807) is 36.0 Å². The zero-order valence-electron chi connectivity index (χ0n) is 33.4. The molecule has 0 N–H and O–H groups in total. The first-order valence-corrected chi connectivity index (χ1v) is 22.2. The maximum absolute atomic E-state index is 15.5. The van der Waals surface area contributed by atoms with Crippen LogP contribution in [0.3, 0.4) is 0 Å². The van der Waals surface area contributed by atoms with E-state index in [1.165, 1.54) is 6.26 Å². The van der Waals surface area contributed by atoms with Gasteiger partial charge in [-0.15, -0.1) is 0 Å². The first-order chi connectivity index (χ1) is 28.7. The number of carbonyl (C=O) groups excluding carboxylic acids is 1. The molecule has 1 saturated carbocycles. The third kappa shape index (κ3) is 8.69. The third-order valence-electron chi connectivity index (χ3n) is 11.6. The molecular weight excluding hydrogens is 847 g/mol. The van der Waals surface area contributed by atoms with Crippen LogP contribution >= 0.6 is 11.6 Å². The molecule has 1 unspecified atom stereocenters. The maximum Gasteiger partial charge on any atom is 0.435 e. The minimum Gasteiger partial charge on any atom is -0.304 e. The number of rotatable bonds is 11. The standard InChI is InChI=1S/C43H41ClF7N7O2S/c1-55-12-14-57(15-13-55)11-5-6-28-7-8-30(31-9-10-34(44)37-35(23-61(3,4)60)53-56(2)39(31)37)38(52-28)25(16-24-17-26(45)20-27(46)18-24)19-29(59)22-58-41-36(40(54-58)43(49,50)51)32-21-33(32)42(41,47)48/h7-10,17-18,20,25,32-33H,3,11-16,19,21-23H2,1-2,4H3/t25-,32+,33-,61?/m1/s1. The Morgan fingerprint density at radius 1 is 1.03 bits per heavy atom. The lowest BCUT2D eigenvalue weighted by Crippen LogP contribution is -2.44. The molecule has 61 heavy (non-hydrogen) atoms. The molecule has 8 rings (SSSR count). The lowest BCUT2D eigenvalue weighted by molar-refractivity contribution is -0.142. The van der Waals surface area contributed by atoms with Gasteiger partial charge in [0.05, 0.1) is 34.2 Å². The summed E-state index contributed by atoms with van der Waals surface area (Å²) in [7, 11) is 1.13. The molecule has 2 aromatic carbocycles. The number of aromatic nitrogens is 5. The Morgan fingerprint density at radius 2 is 1.72 bits per heavy atom. The lowest BCUT2D eigenvalue weighted by Gasteiger charge is -2.30. The van der Waals surface area contributed by atoms with Crippen LogP contribution in [0.25, 0.3) is 22.0 Å². The minimum absolute atomic E-state index is 0.0104. The fourth-order valence-electron chi connectivity index (χ4n) is 8.78. The highest BCUT2D eigenvalue weighted by Gasteiger charge is 2.68. The van der Waals surface area contributed by atoms with Crippen LogP contribution in [0.1, 0.15) is 64.3 Å². The lowest BCUT2D eigenvalue weighted by atomic mass is 9.86. The number of nitrogens with zero attached hydrogens (tertiary/aromatic N) is 7. The van der Waals surface area contributed by atoms with Crippen LogP contribution in [-0.4, -0.2) is 96.2 Å². The predicted molar refractivity (Wildman–Crippen MR) is 219 cm³/mol. The third-order valence-corrected chi connectivity index (χ3v) is 12.8. The second kappa shape index (κ2) is 15.9. The molecule has 3 aliphatic rings. The molecule has 0 amide bonds. The van der Waals surface area contributed by atoms with Crippen LogP contribution in [-0.2, 0) is 52.2 Å². The van der Waals surface area contributed by atoms with Gasteiger partial charge in [-0.05, 0) is 83.0 Å². The monoisotopic (exact) mass is 887 g/mol. The van der Waals surface area contributed by atoms with E-state index in [-0.39, 0.29) is 29.9 Å². The normalized spacial score (nSPS) is 20.2. The number of likely N-dealkylation sites (N-methyl/N-ethyl adjacent to an activating group) is 1. The van der Waals surface area contributed by atoms with Crippen LogP contribution < -0.4 is 0 Å². The maximum atomic E-state index is 15.5. The second-order valence-corrected chi connectivity index (χ2v) is 19.6. The van der Waals surface area contributed by atoms with Crippen LogP contribution in [0.15, 0.2) is 42.5 Å². The number of hydrogen-bond donors (Lipinski definition) is 0. The Hall–Kier alpha value is -4.76. The molecule has 0 spiro atoms. The van der Waals surface area contributed by atoms with Gasteiger partial charge in [-0.2, -0.15) is 32.1 Å². The quantitative estimate of drug-likeness (QED) is 0.0776. The molecule has 9 nitrogen and oxygen atoms in total. The number of halogens is 8. The Labute approximate surface area is 352 Å². The Bertz CT molecular complexity index is 2730. The van der Waals surface area contributed by atoms with E-state index >= 15 is 8.78 Å². The first kappa shape index (κ1) is 42.9. The number of fused-ring (bicyclic) bond motifs is 4. The Balaban J connectivity index is 1.25. The van der Waals surface area contributed by atoms with Gasteiger partial charge in [0, 0.05) is 85.9 Å². The molecular formula is C43H41ClF7N7O2S. The average molecular weight is 888 g/mol. The summed E-state index contributed by atoms with van der Waals surface area (Å²) in [5, 5.41) is 8.98. The molecule has 18 heteroatoms. The summed E-state index contributed by atoms with van der Waals surface area (Å²) < 4.78 is 118. The molecule has 1 aliphatic heterocycles. The van der Waals surface area contributed by atoms with Gasteiger partial charge in [0.1, 0.15) is 29.6 Å². The second-order valence-electron chi connectivity index (χ2n) is 16.5. The van der Waals surface area contributed by atoms with Gasteiger partial charge >= 0.3 is 6.18 Å². The van der Waals surface area contributed by atoms with E-state index in [2.05, 4.69) is 37.7 Å².